The summed E-state index contributed by atoms with van der Waals surface area (Å²) < 4.78 is 53.0. The molecule has 0 fully saturated rings. The summed E-state index contributed by atoms with van der Waals surface area (Å²) in [6.07, 6.45) is -4.89. The predicted octanol–water partition coefficient (Wildman–Crippen LogP) is 3.52. The van der Waals surface area contributed by atoms with Crippen molar-refractivity contribution < 1.29 is 36.8 Å². The average Bonchev–Trinajstić information content (AvgIpc) is 3.36. The third-order valence-electron chi connectivity index (χ3n) is 6.39. The summed E-state index contributed by atoms with van der Waals surface area (Å²) >= 11 is 0. The summed E-state index contributed by atoms with van der Waals surface area (Å²) in [4.78, 5) is 25.7. The number of alkyl halides is 3. The molecule has 1 unspecified atom stereocenters. The maximum absolute atomic E-state index is 13.5. The Balaban J connectivity index is 2.03. The maximum Gasteiger partial charge on any atom is 0.471 e. The van der Waals surface area contributed by atoms with Gasteiger partial charge in [0.25, 0.3) is 0 Å². The molecular weight excluding hydrogens is 461 g/mol. The normalized spacial score (nSPS) is 21.7. The summed E-state index contributed by atoms with van der Waals surface area (Å²) in [5.41, 5.74) is 1.80. The summed E-state index contributed by atoms with van der Waals surface area (Å²) in [6, 6.07) is 14.5. The minimum atomic E-state index is -5.18. The van der Waals surface area contributed by atoms with Crippen molar-refractivity contribution in [2.75, 3.05) is 27.3 Å². The maximum atomic E-state index is 13.5. The number of nitrogens with zero attached hydrogens (tertiary/aromatic N) is 1. The number of methoxy groups -OCH3 is 1. The van der Waals surface area contributed by atoms with Gasteiger partial charge in [-0.05, 0) is 42.3 Å². The summed E-state index contributed by atoms with van der Waals surface area (Å²) in [5, 5.41) is 2.05. The highest BCUT2D eigenvalue weighted by Gasteiger charge is 2.56. The van der Waals surface area contributed by atoms with Crippen molar-refractivity contribution in [1.82, 2.24) is 5.32 Å². The number of amides is 1. The fourth-order valence-corrected chi connectivity index (χ4v) is 4.94. The fourth-order valence-electron chi connectivity index (χ4n) is 4.94. The molecule has 2 aromatic rings. The second-order valence-corrected chi connectivity index (χ2v) is 8.52. The zero-order valence-corrected chi connectivity index (χ0v) is 19.7. The van der Waals surface area contributed by atoms with Crippen molar-refractivity contribution in [3.63, 3.8) is 0 Å². The van der Waals surface area contributed by atoms with Gasteiger partial charge < -0.3 is 14.8 Å². The molecule has 0 bridgehead atoms. The highest BCUT2D eigenvalue weighted by molar-refractivity contribution is 6.19. The Morgan fingerprint density at radius 2 is 1.86 bits per heavy atom. The zero-order chi connectivity index (χ0) is 25.4. The Kier molecular flexibility index (Phi) is 6.44. The first-order valence-corrected chi connectivity index (χ1v) is 11.2. The van der Waals surface area contributed by atoms with E-state index in [4.69, 9.17) is 9.47 Å². The molecule has 6 nitrogen and oxygen atoms in total. The van der Waals surface area contributed by atoms with Crippen LogP contribution in [0.5, 0.6) is 5.75 Å². The van der Waals surface area contributed by atoms with Crippen LogP contribution in [0.1, 0.15) is 30.0 Å². The Hall–Kier alpha value is -3.62. The van der Waals surface area contributed by atoms with E-state index in [0.29, 0.717) is 41.0 Å². The van der Waals surface area contributed by atoms with E-state index in [1.165, 1.54) is 7.11 Å². The van der Waals surface area contributed by atoms with Crippen molar-refractivity contribution in [3.05, 3.63) is 70.8 Å². The van der Waals surface area contributed by atoms with Crippen molar-refractivity contribution in [2.45, 2.75) is 31.5 Å². The van der Waals surface area contributed by atoms with Crippen LogP contribution in [0.2, 0.25) is 0 Å². The van der Waals surface area contributed by atoms with E-state index in [2.05, 4.69) is 0 Å². The second kappa shape index (κ2) is 9.20. The van der Waals surface area contributed by atoms with Gasteiger partial charge in [0.05, 0.1) is 13.7 Å². The van der Waals surface area contributed by atoms with Gasteiger partial charge >= 0.3 is 18.1 Å². The highest BCUT2D eigenvalue weighted by atomic mass is 19.4. The molecule has 184 valence electrons. The molecule has 0 saturated carbocycles. The number of esters is 1. The molecule has 0 aromatic heterocycles. The van der Waals surface area contributed by atoms with Gasteiger partial charge in [0.2, 0.25) is 5.71 Å². The highest BCUT2D eigenvalue weighted by Crippen LogP contribution is 2.46. The number of fused-ring (bicyclic) bond motifs is 1. The van der Waals surface area contributed by atoms with E-state index < -0.39 is 23.6 Å². The largest absolute Gasteiger partial charge is 0.497 e. The molecule has 2 aliphatic rings. The van der Waals surface area contributed by atoms with Crippen LogP contribution in [0.15, 0.2) is 54.1 Å². The Morgan fingerprint density at radius 3 is 2.49 bits per heavy atom. The molecule has 2 aromatic carbocycles. The molecular formula is C26H26F3N2O4+. The van der Waals surface area contributed by atoms with Gasteiger partial charge in [0.1, 0.15) is 19.3 Å². The number of carbonyl (C=O) groups excluding carboxylic acids is 2. The quantitative estimate of drug-likeness (QED) is 0.518. The van der Waals surface area contributed by atoms with Gasteiger partial charge in [-0.1, -0.05) is 24.3 Å². The number of carbonyl (C=O) groups is 2. The molecule has 1 heterocycles. The first-order valence-electron chi connectivity index (χ1n) is 11.2. The lowest BCUT2D eigenvalue weighted by atomic mass is 9.83. The van der Waals surface area contributed by atoms with E-state index in [1.54, 1.807) is 25.1 Å². The average molecular weight is 487 g/mol. The smallest absolute Gasteiger partial charge is 0.471 e. The number of benzene rings is 2. The first kappa shape index (κ1) is 24.5. The van der Waals surface area contributed by atoms with E-state index in [-0.39, 0.29) is 13.0 Å². The Labute approximate surface area is 201 Å². The summed E-state index contributed by atoms with van der Waals surface area (Å²) in [7, 11) is 3.37. The third kappa shape index (κ3) is 4.31. The Morgan fingerprint density at radius 1 is 1.14 bits per heavy atom. The van der Waals surface area contributed by atoms with Gasteiger partial charge in [0.15, 0.2) is 5.54 Å². The summed E-state index contributed by atoms with van der Waals surface area (Å²) in [6.45, 7) is 2.11. The fraction of sp³-hybridized carbons (Fsp3) is 0.346. The summed E-state index contributed by atoms with van der Waals surface area (Å²) in [5.74, 6) is -2.64. The number of hydrogen-bond donors (Lipinski definition) is 1. The SMILES string of the molecule is CCOC(=O)C1(NC(=O)C(F)(F)F)Cc2cc(OC)ccc2/C1=C1\CC[N+](C)=C1c1ccccc1. The van der Waals surface area contributed by atoms with E-state index in [9.17, 15) is 22.8 Å². The standard InChI is InChI=1S/C26H25F3N2O4/c1-4-35-24(33)25(30-23(32)26(27,28)29)15-17-14-18(34-3)10-11-19(17)21(25)20-12-13-31(2)22(20)16-8-6-5-7-9-16/h5-11,14H,4,12-13,15H2,1-3H3/p+1/b21-20-. The van der Waals surface area contributed by atoms with Crippen molar-refractivity contribution in [2.24, 2.45) is 0 Å². The van der Waals surface area contributed by atoms with Crippen molar-refractivity contribution >= 4 is 23.2 Å². The van der Waals surface area contributed by atoms with E-state index >= 15 is 0 Å². The van der Waals surface area contributed by atoms with Crippen LogP contribution < -0.4 is 10.1 Å². The molecule has 0 spiro atoms. The minimum absolute atomic E-state index is 0.0556. The van der Waals surface area contributed by atoms with Crippen LogP contribution in [0.4, 0.5) is 13.2 Å². The molecule has 1 aliphatic carbocycles. The molecule has 4 rings (SSSR count). The third-order valence-corrected chi connectivity index (χ3v) is 6.39. The second-order valence-electron chi connectivity index (χ2n) is 8.52. The molecule has 35 heavy (non-hydrogen) atoms. The lowest BCUT2D eigenvalue weighted by Gasteiger charge is -2.31. The molecule has 1 amide bonds. The number of rotatable bonds is 5. The van der Waals surface area contributed by atoms with Crippen LogP contribution in [0, 0.1) is 0 Å². The van der Waals surface area contributed by atoms with Crippen LogP contribution in [0.25, 0.3) is 5.57 Å². The minimum Gasteiger partial charge on any atom is -0.497 e. The zero-order valence-electron chi connectivity index (χ0n) is 19.7. The molecule has 1 aliphatic heterocycles. The number of hydrogen-bond acceptors (Lipinski definition) is 4. The van der Waals surface area contributed by atoms with E-state index in [0.717, 1.165) is 11.3 Å². The first-order chi connectivity index (χ1) is 16.6. The Bertz CT molecular complexity index is 1230. The molecule has 1 atom stereocenters. The van der Waals surface area contributed by atoms with E-state index in [1.807, 2.05) is 47.3 Å². The van der Waals surface area contributed by atoms with Gasteiger partial charge in [-0.3, -0.25) is 4.79 Å². The van der Waals surface area contributed by atoms with Gasteiger partial charge in [-0.2, -0.15) is 13.2 Å². The van der Waals surface area contributed by atoms with Crippen LogP contribution in [0.3, 0.4) is 0 Å². The lowest BCUT2D eigenvalue weighted by Crippen LogP contribution is -2.59. The molecule has 9 heteroatoms. The number of ether oxygens (including phenoxy) is 2. The predicted molar refractivity (Wildman–Crippen MR) is 123 cm³/mol. The number of halogens is 3. The van der Waals surface area contributed by atoms with Gasteiger partial charge in [-0.25, -0.2) is 9.37 Å². The molecule has 0 radical (unpaired) electrons. The van der Waals surface area contributed by atoms with Gasteiger partial charge in [-0.15, -0.1) is 0 Å². The molecule has 1 N–H and O–H groups in total. The molecule has 0 saturated heterocycles. The van der Waals surface area contributed by atoms with Crippen molar-refractivity contribution in [1.29, 1.82) is 0 Å². The number of nitrogens with one attached hydrogen (secondary N) is 1. The topological polar surface area (TPSA) is 67.6 Å². The van der Waals surface area contributed by atoms with Crippen LogP contribution in [-0.4, -0.2) is 61.2 Å². The van der Waals surface area contributed by atoms with Gasteiger partial charge in [0, 0.05) is 29.6 Å². The monoisotopic (exact) mass is 487 g/mol. The van der Waals surface area contributed by atoms with Crippen LogP contribution in [-0.2, 0) is 20.7 Å². The van der Waals surface area contributed by atoms with Crippen molar-refractivity contribution in [3.8, 4) is 5.75 Å². The lowest BCUT2D eigenvalue weighted by molar-refractivity contribution is -0.488. The van der Waals surface area contributed by atoms with Crippen LogP contribution >= 0.6 is 0 Å².